The standard InChI is InChI=1S/C31H42N4/c1-9-22(4)30(33-27-16-14-24(15-17-27)23(5)32-19-18-21(2)3)26-12-10-25(11-13-26)28-20-29(35-34-28)31(6,7)8/h10-17,22,30,32-33H,2,5,9,18-20H2,1,3-4,6-8H3. The maximum atomic E-state index is 4.47. The van der Waals surface area contributed by atoms with Gasteiger partial charge in [-0.2, -0.15) is 10.2 Å². The van der Waals surface area contributed by atoms with Crippen LogP contribution in [-0.2, 0) is 0 Å². The minimum absolute atomic E-state index is 0.0549. The molecule has 0 radical (unpaired) electrons. The molecule has 35 heavy (non-hydrogen) atoms. The molecule has 0 saturated carbocycles. The highest BCUT2D eigenvalue weighted by Crippen LogP contribution is 2.30. The zero-order valence-electron chi connectivity index (χ0n) is 22.4. The molecule has 0 amide bonds. The summed E-state index contributed by atoms with van der Waals surface area (Å²) < 4.78 is 0. The van der Waals surface area contributed by atoms with Gasteiger partial charge in [0.25, 0.3) is 0 Å². The van der Waals surface area contributed by atoms with Crippen molar-refractivity contribution >= 4 is 22.8 Å². The van der Waals surface area contributed by atoms with E-state index in [-0.39, 0.29) is 11.5 Å². The van der Waals surface area contributed by atoms with Gasteiger partial charge in [-0.05, 0) is 48.1 Å². The summed E-state index contributed by atoms with van der Waals surface area (Å²) in [5.74, 6) is 0.485. The van der Waals surface area contributed by atoms with Gasteiger partial charge in [-0.1, -0.05) is 89.6 Å². The van der Waals surface area contributed by atoms with E-state index in [4.69, 9.17) is 0 Å². The summed E-state index contributed by atoms with van der Waals surface area (Å²) >= 11 is 0. The second-order valence-electron chi connectivity index (χ2n) is 10.8. The quantitative estimate of drug-likeness (QED) is 0.327. The van der Waals surface area contributed by atoms with E-state index in [1.807, 2.05) is 6.92 Å². The molecule has 2 atom stereocenters. The van der Waals surface area contributed by atoms with Crippen LogP contribution in [-0.4, -0.2) is 18.0 Å². The minimum Gasteiger partial charge on any atom is -0.385 e. The van der Waals surface area contributed by atoms with Crippen molar-refractivity contribution in [3.8, 4) is 0 Å². The molecule has 0 saturated heterocycles. The van der Waals surface area contributed by atoms with Gasteiger partial charge in [0.1, 0.15) is 0 Å². The summed E-state index contributed by atoms with van der Waals surface area (Å²) in [4.78, 5) is 0. The third-order valence-corrected chi connectivity index (χ3v) is 6.75. The van der Waals surface area contributed by atoms with E-state index in [1.165, 1.54) is 11.1 Å². The van der Waals surface area contributed by atoms with E-state index in [2.05, 4.69) is 117 Å². The Hall–Kier alpha value is -3.14. The molecule has 4 nitrogen and oxygen atoms in total. The lowest BCUT2D eigenvalue weighted by Gasteiger charge is -2.26. The van der Waals surface area contributed by atoms with Crippen LogP contribution in [0.1, 0.15) is 83.5 Å². The maximum Gasteiger partial charge on any atom is 0.0759 e. The molecule has 3 rings (SSSR count). The predicted octanol–water partition coefficient (Wildman–Crippen LogP) is 8.01. The second kappa shape index (κ2) is 11.5. The average Bonchev–Trinajstić information content (AvgIpc) is 3.33. The first-order valence-corrected chi connectivity index (χ1v) is 12.8. The highest BCUT2D eigenvalue weighted by atomic mass is 15.2. The van der Waals surface area contributed by atoms with Gasteiger partial charge in [-0.25, -0.2) is 0 Å². The molecule has 0 bridgehead atoms. The molecule has 2 aromatic rings. The van der Waals surface area contributed by atoms with Crippen molar-refractivity contribution in [1.82, 2.24) is 5.32 Å². The van der Waals surface area contributed by atoms with Crippen molar-refractivity contribution in [3.05, 3.63) is 84.0 Å². The first-order chi connectivity index (χ1) is 16.6. The van der Waals surface area contributed by atoms with Crippen molar-refractivity contribution in [1.29, 1.82) is 0 Å². The lowest BCUT2D eigenvalue weighted by molar-refractivity contribution is 0.482. The summed E-state index contributed by atoms with van der Waals surface area (Å²) in [5.41, 5.74) is 9.04. The van der Waals surface area contributed by atoms with E-state index < -0.39 is 0 Å². The van der Waals surface area contributed by atoms with Crippen LogP contribution in [0.15, 0.2) is 77.5 Å². The summed E-state index contributed by atoms with van der Waals surface area (Å²) in [7, 11) is 0. The lowest BCUT2D eigenvalue weighted by atomic mass is 9.86. The van der Waals surface area contributed by atoms with E-state index in [0.717, 1.165) is 59.7 Å². The average molecular weight is 471 g/mol. The maximum absolute atomic E-state index is 4.47. The van der Waals surface area contributed by atoms with Crippen LogP contribution in [0.2, 0.25) is 0 Å². The van der Waals surface area contributed by atoms with Crippen LogP contribution in [0.25, 0.3) is 5.70 Å². The molecule has 186 valence electrons. The molecule has 2 aromatic carbocycles. The molecule has 1 aliphatic rings. The monoisotopic (exact) mass is 470 g/mol. The molecule has 4 heteroatoms. The number of benzene rings is 2. The van der Waals surface area contributed by atoms with Crippen LogP contribution in [0.5, 0.6) is 0 Å². The molecule has 0 aliphatic carbocycles. The second-order valence-corrected chi connectivity index (χ2v) is 10.8. The van der Waals surface area contributed by atoms with E-state index in [1.54, 1.807) is 0 Å². The minimum atomic E-state index is 0.0549. The Morgan fingerprint density at radius 2 is 1.66 bits per heavy atom. The summed E-state index contributed by atoms with van der Waals surface area (Å²) in [6, 6.07) is 17.6. The highest BCUT2D eigenvalue weighted by Gasteiger charge is 2.25. The van der Waals surface area contributed by atoms with Gasteiger partial charge >= 0.3 is 0 Å². The first kappa shape index (κ1) is 26.5. The fourth-order valence-corrected chi connectivity index (χ4v) is 4.07. The molecule has 2 N–H and O–H groups in total. The number of rotatable bonds is 11. The van der Waals surface area contributed by atoms with Crippen LogP contribution in [0.3, 0.4) is 0 Å². The van der Waals surface area contributed by atoms with E-state index >= 15 is 0 Å². The molecule has 0 fully saturated rings. The molecular formula is C31H42N4. The van der Waals surface area contributed by atoms with Crippen molar-refractivity contribution in [2.45, 2.75) is 66.8 Å². The van der Waals surface area contributed by atoms with Gasteiger partial charge in [0, 0.05) is 29.8 Å². The number of nitrogens with one attached hydrogen (secondary N) is 2. The van der Waals surface area contributed by atoms with Crippen LogP contribution in [0, 0.1) is 11.3 Å². The molecule has 0 aromatic heterocycles. The van der Waals surface area contributed by atoms with Gasteiger partial charge in [-0.15, -0.1) is 6.58 Å². The van der Waals surface area contributed by atoms with Gasteiger partial charge in [-0.3, -0.25) is 0 Å². The van der Waals surface area contributed by atoms with Gasteiger partial charge in [0.15, 0.2) is 0 Å². The summed E-state index contributed by atoms with van der Waals surface area (Å²) in [6.45, 7) is 22.2. The highest BCUT2D eigenvalue weighted by molar-refractivity contribution is 6.16. The Labute approximate surface area is 212 Å². The SMILES string of the molecule is C=C(C)CCNC(=C)c1ccc(NC(c2ccc(C3=NN=C(C(C)(C)C)C3)cc2)C(C)CC)cc1. The van der Waals surface area contributed by atoms with Gasteiger partial charge in [0.05, 0.1) is 17.5 Å². The largest absolute Gasteiger partial charge is 0.385 e. The normalized spacial score (nSPS) is 15.1. The molecule has 0 spiro atoms. The van der Waals surface area contributed by atoms with Crippen molar-refractivity contribution in [2.24, 2.45) is 21.5 Å². The zero-order chi connectivity index (χ0) is 25.6. The summed E-state index contributed by atoms with van der Waals surface area (Å²) in [5, 5.41) is 16.1. The topological polar surface area (TPSA) is 48.8 Å². The Morgan fingerprint density at radius 1 is 1.00 bits per heavy atom. The number of hydrogen-bond donors (Lipinski definition) is 2. The van der Waals surface area contributed by atoms with Crippen molar-refractivity contribution < 1.29 is 0 Å². The van der Waals surface area contributed by atoms with E-state index in [9.17, 15) is 0 Å². The zero-order valence-corrected chi connectivity index (χ0v) is 22.4. The fourth-order valence-electron chi connectivity index (χ4n) is 4.07. The van der Waals surface area contributed by atoms with Crippen LogP contribution < -0.4 is 10.6 Å². The Bertz CT molecular complexity index is 1080. The number of hydrogen-bond acceptors (Lipinski definition) is 4. The Kier molecular flexibility index (Phi) is 8.71. The molecule has 1 heterocycles. The van der Waals surface area contributed by atoms with E-state index in [0.29, 0.717) is 5.92 Å². The smallest absolute Gasteiger partial charge is 0.0759 e. The van der Waals surface area contributed by atoms with Crippen molar-refractivity contribution in [3.63, 3.8) is 0 Å². The lowest BCUT2D eigenvalue weighted by Crippen LogP contribution is -2.21. The Morgan fingerprint density at radius 3 is 2.20 bits per heavy atom. The van der Waals surface area contributed by atoms with Gasteiger partial charge < -0.3 is 10.6 Å². The summed E-state index contributed by atoms with van der Waals surface area (Å²) in [6.07, 6.45) is 2.87. The fraction of sp³-hybridized carbons (Fsp3) is 0.419. The molecule has 2 unspecified atom stereocenters. The van der Waals surface area contributed by atoms with Crippen LogP contribution >= 0.6 is 0 Å². The first-order valence-electron chi connectivity index (χ1n) is 12.8. The number of anilines is 1. The van der Waals surface area contributed by atoms with Gasteiger partial charge in [0.2, 0.25) is 0 Å². The number of nitrogens with zero attached hydrogens (tertiary/aromatic N) is 2. The molecule has 1 aliphatic heterocycles. The third kappa shape index (κ3) is 7.17. The van der Waals surface area contributed by atoms with Crippen LogP contribution in [0.4, 0.5) is 5.69 Å². The Balaban J connectivity index is 1.68. The predicted molar refractivity (Wildman–Crippen MR) is 153 cm³/mol. The molecular weight excluding hydrogens is 428 g/mol. The third-order valence-electron chi connectivity index (χ3n) is 6.75. The van der Waals surface area contributed by atoms with Crippen molar-refractivity contribution in [2.75, 3.05) is 11.9 Å².